The van der Waals surface area contributed by atoms with Crippen LogP contribution in [-0.4, -0.2) is 21.1 Å². The molecule has 3 aromatic carbocycles. The molecule has 0 aliphatic heterocycles. The predicted octanol–water partition coefficient (Wildman–Crippen LogP) is 7.38. The van der Waals surface area contributed by atoms with Gasteiger partial charge in [0.1, 0.15) is 0 Å². The molecule has 0 aliphatic rings. The Morgan fingerprint density at radius 3 is 1.21 bits per heavy atom. The third kappa shape index (κ3) is 7.52. The van der Waals surface area contributed by atoms with Crippen molar-refractivity contribution >= 4 is 32.0 Å². The Kier molecular flexibility index (Phi) is 8.03. The standard InChI is InChI=1S/C22H23S.4FH.Sb/c1-22(2,3)18-14-16-21(17-15-18)23(19-10-6-4-7-11-19)20-12-8-5-9-13-20;;;;;/h4-17H,1-3H3;4*1H;/q+1;;;;;+3/p-4. The molecule has 0 unspecified atom stereocenters. The van der Waals surface area contributed by atoms with Crippen LogP contribution in [0, 0.1) is 0 Å². The van der Waals surface area contributed by atoms with Gasteiger partial charge < -0.3 is 0 Å². The first kappa shape index (κ1) is 22.8. The topological polar surface area (TPSA) is 0 Å². The van der Waals surface area contributed by atoms with E-state index in [1.54, 1.807) is 0 Å². The van der Waals surface area contributed by atoms with Crippen molar-refractivity contribution in [3.05, 3.63) is 90.5 Å². The van der Waals surface area contributed by atoms with E-state index < -0.39 is 21.1 Å². The van der Waals surface area contributed by atoms with Gasteiger partial charge in [-0.05, 0) is 47.4 Å². The van der Waals surface area contributed by atoms with Gasteiger partial charge in [0.15, 0.2) is 14.7 Å². The molecule has 3 rings (SSSR count). The van der Waals surface area contributed by atoms with Gasteiger partial charge in [0, 0.05) is 0 Å². The van der Waals surface area contributed by atoms with Crippen LogP contribution >= 0.6 is 0 Å². The summed E-state index contributed by atoms with van der Waals surface area (Å²) in [5.41, 5.74) is 1.57. The summed E-state index contributed by atoms with van der Waals surface area (Å²) in [6, 6.07) is 30.7. The molecule has 0 fully saturated rings. The summed E-state index contributed by atoms with van der Waals surface area (Å²) in [4.78, 5) is 4.10. The molecule has 0 saturated heterocycles. The second-order valence-electron chi connectivity index (χ2n) is 7.09. The van der Waals surface area contributed by atoms with Crippen LogP contribution in [0.4, 0.5) is 11.3 Å². The van der Waals surface area contributed by atoms with E-state index in [4.69, 9.17) is 0 Å². The minimum absolute atomic E-state index is 0.0497. The zero-order valence-electron chi connectivity index (χ0n) is 16.0. The number of benzene rings is 3. The Hall–Kier alpha value is -1.45. The molecule has 150 valence electrons. The van der Waals surface area contributed by atoms with Gasteiger partial charge in [-0.3, -0.25) is 0 Å². The summed E-state index contributed by atoms with van der Waals surface area (Å²) >= 11 is -7.10. The number of rotatable bonds is 3. The second kappa shape index (κ2) is 9.84. The van der Waals surface area contributed by atoms with Crippen molar-refractivity contribution in [2.75, 3.05) is 0 Å². The zero-order chi connectivity index (χ0) is 20.8. The van der Waals surface area contributed by atoms with Crippen molar-refractivity contribution in [3.63, 3.8) is 0 Å². The Balaban J connectivity index is 0.000000500. The van der Waals surface area contributed by atoms with E-state index >= 15 is 0 Å². The van der Waals surface area contributed by atoms with Crippen molar-refractivity contribution in [2.24, 2.45) is 0 Å². The van der Waals surface area contributed by atoms with Crippen molar-refractivity contribution in [1.82, 2.24) is 0 Å². The van der Waals surface area contributed by atoms with Gasteiger partial charge in [-0.25, -0.2) is 0 Å². The molecule has 0 radical (unpaired) electrons. The Bertz CT molecular complexity index is 796. The van der Waals surface area contributed by atoms with E-state index in [9.17, 15) is 11.3 Å². The number of hydrogen-bond acceptors (Lipinski definition) is 0. The SMILES string of the molecule is CC(C)(C)c1ccc([S+](c2ccccc2)c2ccccc2)cc1.[F][Sb-]([F])([F])[F]. The normalized spacial score (nSPS) is 12.3. The summed E-state index contributed by atoms with van der Waals surface area (Å²) in [5.74, 6) is 0. The van der Waals surface area contributed by atoms with E-state index in [0.29, 0.717) is 0 Å². The molecule has 0 heterocycles. The van der Waals surface area contributed by atoms with Gasteiger partial charge in [0.25, 0.3) is 0 Å². The van der Waals surface area contributed by atoms with E-state index in [2.05, 4.69) is 106 Å². The van der Waals surface area contributed by atoms with E-state index in [0.717, 1.165) is 0 Å². The quantitative estimate of drug-likeness (QED) is 0.193. The summed E-state index contributed by atoms with van der Waals surface area (Å²) in [6.45, 7) is 6.78. The average Bonchev–Trinajstić information content (AvgIpc) is 2.62. The fourth-order valence-corrected chi connectivity index (χ4v) is 4.70. The molecular formula is C22H23F4SSb. The molecule has 0 spiro atoms. The van der Waals surface area contributed by atoms with Gasteiger partial charge in [-0.2, -0.15) is 0 Å². The van der Waals surface area contributed by atoms with Crippen LogP contribution < -0.4 is 0 Å². The van der Waals surface area contributed by atoms with E-state index in [1.165, 1.54) is 20.2 Å². The van der Waals surface area contributed by atoms with Crippen molar-refractivity contribution in [2.45, 2.75) is 40.9 Å². The third-order valence-corrected chi connectivity index (χ3v) is 6.14. The van der Waals surface area contributed by atoms with Crippen molar-refractivity contribution < 1.29 is 11.3 Å². The maximum absolute atomic E-state index is 9.89. The first-order valence-electron chi connectivity index (χ1n) is 8.68. The summed E-state index contributed by atoms with van der Waals surface area (Å²) in [5, 5.41) is 0. The monoisotopic (exact) mass is 516 g/mol. The summed E-state index contributed by atoms with van der Waals surface area (Å²) < 4.78 is 39.6. The zero-order valence-corrected chi connectivity index (χ0v) is 19.3. The van der Waals surface area contributed by atoms with Crippen LogP contribution in [0.5, 0.6) is 0 Å². The number of halogens is 4. The molecule has 0 saturated carbocycles. The van der Waals surface area contributed by atoms with Crippen LogP contribution in [-0.2, 0) is 16.3 Å². The first-order chi connectivity index (χ1) is 13.1. The molecule has 6 heteroatoms. The molecule has 3 aromatic rings. The van der Waals surface area contributed by atoms with E-state index in [1.807, 2.05) is 0 Å². The molecule has 0 aromatic heterocycles. The molecule has 0 aliphatic carbocycles. The van der Waals surface area contributed by atoms with Crippen molar-refractivity contribution in [3.8, 4) is 0 Å². The summed E-state index contributed by atoms with van der Waals surface area (Å²) in [7, 11) is -0.0497. The molecule has 0 nitrogen and oxygen atoms in total. The van der Waals surface area contributed by atoms with Gasteiger partial charge in [0.2, 0.25) is 0 Å². The van der Waals surface area contributed by atoms with Crippen LogP contribution in [0.25, 0.3) is 0 Å². The van der Waals surface area contributed by atoms with Crippen LogP contribution in [0.2, 0.25) is 0 Å². The Morgan fingerprint density at radius 2 is 0.893 bits per heavy atom. The van der Waals surface area contributed by atoms with Crippen LogP contribution in [0.1, 0.15) is 26.3 Å². The third-order valence-electron chi connectivity index (χ3n) is 3.91. The minimum atomic E-state index is -7.10. The van der Waals surface area contributed by atoms with E-state index in [-0.39, 0.29) is 16.3 Å². The molecule has 0 bridgehead atoms. The van der Waals surface area contributed by atoms with Gasteiger partial charge in [-0.1, -0.05) is 69.3 Å². The fourth-order valence-electron chi connectivity index (χ4n) is 2.61. The van der Waals surface area contributed by atoms with Crippen LogP contribution in [0.15, 0.2) is 99.6 Å². The maximum atomic E-state index is 9.89. The Morgan fingerprint density at radius 1 is 0.571 bits per heavy atom. The van der Waals surface area contributed by atoms with Gasteiger partial charge >= 0.3 is 32.4 Å². The molecule has 28 heavy (non-hydrogen) atoms. The molecule has 0 N–H and O–H groups in total. The predicted molar refractivity (Wildman–Crippen MR) is 110 cm³/mol. The number of hydrogen-bond donors (Lipinski definition) is 0. The Labute approximate surface area is 174 Å². The second-order valence-corrected chi connectivity index (χ2v) is 11.3. The molecular weight excluding hydrogens is 494 g/mol. The van der Waals surface area contributed by atoms with Crippen molar-refractivity contribution in [1.29, 1.82) is 0 Å². The molecule has 0 amide bonds. The molecule has 0 atom stereocenters. The average molecular weight is 517 g/mol. The first-order valence-corrected chi connectivity index (χ1v) is 13.8. The fraction of sp³-hybridized carbons (Fsp3) is 0.182. The van der Waals surface area contributed by atoms with Gasteiger partial charge in [-0.15, -0.1) is 0 Å². The van der Waals surface area contributed by atoms with Crippen LogP contribution in [0.3, 0.4) is 0 Å². The summed E-state index contributed by atoms with van der Waals surface area (Å²) in [6.07, 6.45) is 0. The van der Waals surface area contributed by atoms with Gasteiger partial charge in [0.05, 0.1) is 10.9 Å².